The van der Waals surface area contributed by atoms with Gasteiger partial charge in [-0.1, -0.05) is 6.07 Å². The SMILES string of the molecule is COC(=O)N1CCC(NC(=NCCc2cccs2)NCCc2ccco2)CC1. The fourth-order valence-electron chi connectivity index (χ4n) is 3.17. The summed E-state index contributed by atoms with van der Waals surface area (Å²) in [5, 5.41) is 9.03. The van der Waals surface area contributed by atoms with E-state index in [1.54, 1.807) is 22.5 Å². The van der Waals surface area contributed by atoms with E-state index in [9.17, 15) is 4.79 Å². The van der Waals surface area contributed by atoms with Crippen LogP contribution in [0.25, 0.3) is 0 Å². The molecule has 1 saturated heterocycles. The van der Waals surface area contributed by atoms with Crippen molar-refractivity contribution in [2.45, 2.75) is 31.7 Å². The Bertz CT molecular complexity index is 723. The lowest BCUT2D eigenvalue weighted by atomic mass is 10.1. The van der Waals surface area contributed by atoms with E-state index in [2.05, 4.69) is 28.1 Å². The summed E-state index contributed by atoms with van der Waals surface area (Å²) in [4.78, 5) is 19.5. The predicted molar refractivity (Wildman–Crippen MR) is 111 cm³/mol. The standard InChI is InChI=1S/C20H28N4O3S/c1-26-20(25)24-12-8-16(9-13-24)23-19(21-10-6-17-4-2-14-27-17)22-11-7-18-5-3-15-28-18/h2-5,14-16H,6-13H2,1H3,(H2,21,22,23). The molecule has 3 rings (SSSR count). The van der Waals surface area contributed by atoms with Gasteiger partial charge in [-0.3, -0.25) is 4.99 Å². The molecule has 2 N–H and O–H groups in total. The largest absolute Gasteiger partial charge is 0.469 e. The molecule has 2 aromatic heterocycles. The molecule has 28 heavy (non-hydrogen) atoms. The lowest BCUT2D eigenvalue weighted by Crippen LogP contribution is -2.50. The van der Waals surface area contributed by atoms with Crippen molar-refractivity contribution in [2.75, 3.05) is 33.3 Å². The summed E-state index contributed by atoms with van der Waals surface area (Å²) in [5.74, 6) is 1.77. The Morgan fingerprint density at radius 3 is 2.86 bits per heavy atom. The number of ether oxygens (including phenoxy) is 1. The zero-order valence-electron chi connectivity index (χ0n) is 16.2. The van der Waals surface area contributed by atoms with Crippen molar-refractivity contribution in [2.24, 2.45) is 4.99 Å². The number of aliphatic imine (C=N–C) groups is 1. The fourth-order valence-corrected chi connectivity index (χ4v) is 3.87. The number of amides is 1. The first-order chi connectivity index (χ1) is 13.7. The smallest absolute Gasteiger partial charge is 0.409 e. The van der Waals surface area contributed by atoms with Gasteiger partial charge in [-0.05, 0) is 36.4 Å². The van der Waals surface area contributed by atoms with Gasteiger partial charge in [0.15, 0.2) is 5.96 Å². The lowest BCUT2D eigenvalue weighted by Gasteiger charge is -2.32. The Morgan fingerprint density at radius 1 is 1.32 bits per heavy atom. The molecular weight excluding hydrogens is 376 g/mol. The van der Waals surface area contributed by atoms with Crippen LogP contribution in [0.5, 0.6) is 0 Å². The van der Waals surface area contributed by atoms with E-state index in [-0.39, 0.29) is 12.1 Å². The average molecular weight is 405 g/mol. The fraction of sp³-hybridized carbons (Fsp3) is 0.500. The van der Waals surface area contributed by atoms with Gasteiger partial charge in [-0.25, -0.2) is 4.79 Å². The maximum atomic E-state index is 11.6. The monoisotopic (exact) mass is 404 g/mol. The van der Waals surface area contributed by atoms with Gasteiger partial charge in [0, 0.05) is 49.9 Å². The summed E-state index contributed by atoms with van der Waals surface area (Å²) < 4.78 is 10.2. The van der Waals surface area contributed by atoms with E-state index in [1.807, 2.05) is 12.1 Å². The molecule has 0 atom stereocenters. The van der Waals surface area contributed by atoms with Crippen molar-refractivity contribution in [3.63, 3.8) is 0 Å². The third kappa shape index (κ3) is 6.30. The van der Waals surface area contributed by atoms with Crippen LogP contribution >= 0.6 is 11.3 Å². The minimum atomic E-state index is -0.250. The summed E-state index contributed by atoms with van der Waals surface area (Å²) >= 11 is 1.76. The zero-order chi connectivity index (χ0) is 19.6. The molecule has 1 fully saturated rings. The molecule has 0 radical (unpaired) electrons. The van der Waals surface area contributed by atoms with Crippen molar-refractivity contribution in [1.82, 2.24) is 15.5 Å². The highest BCUT2D eigenvalue weighted by Crippen LogP contribution is 2.12. The van der Waals surface area contributed by atoms with Crippen molar-refractivity contribution in [1.29, 1.82) is 0 Å². The van der Waals surface area contributed by atoms with Gasteiger partial charge in [0.2, 0.25) is 0 Å². The molecule has 0 aromatic carbocycles. The number of nitrogens with one attached hydrogen (secondary N) is 2. The van der Waals surface area contributed by atoms with Crippen molar-refractivity contribution >= 4 is 23.4 Å². The van der Waals surface area contributed by atoms with Crippen LogP contribution in [0.4, 0.5) is 4.79 Å². The van der Waals surface area contributed by atoms with Crippen LogP contribution in [-0.2, 0) is 17.6 Å². The Labute approximate surface area is 169 Å². The van der Waals surface area contributed by atoms with Crippen LogP contribution < -0.4 is 10.6 Å². The summed E-state index contributed by atoms with van der Waals surface area (Å²) in [7, 11) is 1.42. The van der Waals surface area contributed by atoms with Gasteiger partial charge in [0.1, 0.15) is 5.76 Å². The molecular formula is C20H28N4O3S. The second-order valence-corrected chi connectivity index (χ2v) is 7.72. The first-order valence-electron chi connectivity index (χ1n) is 9.67. The number of hydrogen-bond donors (Lipinski definition) is 2. The van der Waals surface area contributed by atoms with Gasteiger partial charge >= 0.3 is 6.09 Å². The highest BCUT2D eigenvalue weighted by Gasteiger charge is 2.23. The van der Waals surface area contributed by atoms with Gasteiger partial charge in [-0.2, -0.15) is 0 Å². The zero-order valence-corrected chi connectivity index (χ0v) is 17.0. The molecule has 2 aromatic rings. The number of thiophene rings is 1. The molecule has 8 heteroatoms. The molecule has 0 aliphatic carbocycles. The second kappa shape index (κ2) is 10.8. The van der Waals surface area contributed by atoms with Gasteiger partial charge in [0.25, 0.3) is 0 Å². The van der Waals surface area contributed by atoms with Crippen molar-refractivity contribution in [3.05, 3.63) is 46.5 Å². The van der Waals surface area contributed by atoms with Crippen LogP contribution in [0.1, 0.15) is 23.5 Å². The third-order valence-corrected chi connectivity index (χ3v) is 5.66. The van der Waals surface area contributed by atoms with Crippen LogP contribution in [0.15, 0.2) is 45.3 Å². The number of nitrogens with zero attached hydrogens (tertiary/aromatic N) is 2. The van der Waals surface area contributed by atoms with Crippen LogP contribution in [0, 0.1) is 0 Å². The molecule has 0 spiro atoms. The summed E-state index contributed by atoms with van der Waals surface area (Å²) in [6.45, 7) is 2.87. The summed E-state index contributed by atoms with van der Waals surface area (Å²) in [5.41, 5.74) is 0. The third-order valence-electron chi connectivity index (χ3n) is 4.72. The minimum Gasteiger partial charge on any atom is -0.469 e. The van der Waals surface area contributed by atoms with E-state index in [0.29, 0.717) is 13.1 Å². The van der Waals surface area contributed by atoms with Crippen LogP contribution in [0.2, 0.25) is 0 Å². The van der Waals surface area contributed by atoms with Crippen molar-refractivity contribution in [3.8, 4) is 0 Å². The highest BCUT2D eigenvalue weighted by molar-refractivity contribution is 7.09. The van der Waals surface area contributed by atoms with E-state index in [1.165, 1.54) is 12.0 Å². The quantitative estimate of drug-likeness (QED) is 0.548. The maximum absolute atomic E-state index is 11.6. The number of furan rings is 1. The Morgan fingerprint density at radius 2 is 2.18 bits per heavy atom. The second-order valence-electron chi connectivity index (χ2n) is 6.69. The number of hydrogen-bond acceptors (Lipinski definition) is 5. The first kappa shape index (κ1) is 20.3. The summed E-state index contributed by atoms with van der Waals surface area (Å²) in [6.07, 6.45) is 4.93. The Hall–Kier alpha value is -2.48. The number of guanidine groups is 1. The van der Waals surface area contributed by atoms with Gasteiger partial charge in [-0.15, -0.1) is 11.3 Å². The number of rotatable bonds is 7. The van der Waals surface area contributed by atoms with Gasteiger partial charge in [0.05, 0.1) is 13.4 Å². The number of likely N-dealkylation sites (tertiary alicyclic amines) is 1. The Balaban J connectivity index is 1.50. The molecule has 1 aliphatic heterocycles. The predicted octanol–water partition coefficient (Wildman–Crippen LogP) is 2.89. The first-order valence-corrected chi connectivity index (χ1v) is 10.5. The number of methoxy groups -OCH3 is 1. The molecule has 0 unspecified atom stereocenters. The normalized spacial score (nSPS) is 15.5. The van der Waals surface area contributed by atoms with E-state index >= 15 is 0 Å². The van der Waals surface area contributed by atoms with Gasteiger partial charge < -0.3 is 24.7 Å². The summed E-state index contributed by atoms with van der Waals surface area (Å²) in [6, 6.07) is 8.38. The number of piperidine rings is 1. The van der Waals surface area contributed by atoms with E-state index in [4.69, 9.17) is 14.1 Å². The van der Waals surface area contributed by atoms with E-state index in [0.717, 1.165) is 50.5 Å². The molecule has 152 valence electrons. The lowest BCUT2D eigenvalue weighted by molar-refractivity contribution is 0.111. The van der Waals surface area contributed by atoms with Crippen molar-refractivity contribution < 1.29 is 13.9 Å². The molecule has 1 aliphatic rings. The average Bonchev–Trinajstić information content (AvgIpc) is 3.42. The number of carbonyl (C=O) groups excluding carboxylic acids is 1. The molecule has 3 heterocycles. The molecule has 0 saturated carbocycles. The van der Waals surface area contributed by atoms with Crippen LogP contribution in [0.3, 0.4) is 0 Å². The Kier molecular flexibility index (Phi) is 7.78. The number of carbonyl (C=O) groups is 1. The van der Waals surface area contributed by atoms with Crippen LogP contribution in [-0.4, -0.2) is 56.3 Å². The minimum absolute atomic E-state index is 0.250. The molecule has 7 nitrogen and oxygen atoms in total. The maximum Gasteiger partial charge on any atom is 0.409 e. The molecule has 0 bridgehead atoms. The highest BCUT2D eigenvalue weighted by atomic mass is 32.1. The topological polar surface area (TPSA) is 79.1 Å². The molecule has 1 amide bonds. The van der Waals surface area contributed by atoms with E-state index < -0.39 is 0 Å².